The van der Waals surface area contributed by atoms with Gasteiger partial charge in [0.05, 0.1) is 10.7 Å². The fraction of sp³-hybridized carbons (Fsp3) is 0.167. The lowest BCUT2D eigenvalue weighted by atomic mass is 10.2. The molecule has 0 bridgehead atoms. The molecule has 0 aliphatic heterocycles. The average Bonchev–Trinajstić information content (AvgIpc) is 2.75. The summed E-state index contributed by atoms with van der Waals surface area (Å²) < 4.78 is 15.3. The summed E-state index contributed by atoms with van der Waals surface area (Å²) in [5.74, 6) is -0.769. The van der Waals surface area contributed by atoms with Crippen molar-refractivity contribution < 1.29 is 9.18 Å². The highest BCUT2D eigenvalue weighted by atomic mass is 79.9. The van der Waals surface area contributed by atoms with Gasteiger partial charge in [0.2, 0.25) is 0 Å². The topological polar surface area (TPSA) is 46.9 Å². The van der Waals surface area contributed by atoms with E-state index in [1.54, 1.807) is 24.0 Å². The number of amides is 1. The first-order valence-corrected chi connectivity index (χ1v) is 6.06. The van der Waals surface area contributed by atoms with E-state index >= 15 is 0 Å². The zero-order valence-electron chi connectivity index (χ0n) is 9.65. The summed E-state index contributed by atoms with van der Waals surface area (Å²) in [5.41, 5.74) is 1.18. The van der Waals surface area contributed by atoms with Gasteiger partial charge < -0.3 is 5.32 Å². The van der Waals surface area contributed by atoms with Crippen LogP contribution in [0.4, 0.5) is 4.39 Å². The summed E-state index contributed by atoms with van der Waals surface area (Å²) in [5, 5.41) is 6.69. The Balaban J connectivity index is 2.01. The third-order valence-corrected chi connectivity index (χ3v) is 3.04. The van der Waals surface area contributed by atoms with Crippen LogP contribution < -0.4 is 5.32 Å². The molecule has 1 N–H and O–H groups in total. The first kappa shape index (κ1) is 12.8. The van der Waals surface area contributed by atoms with E-state index in [2.05, 4.69) is 26.3 Å². The van der Waals surface area contributed by atoms with E-state index in [-0.39, 0.29) is 5.91 Å². The molecule has 94 valence electrons. The maximum Gasteiger partial charge on any atom is 0.251 e. The predicted octanol–water partition coefficient (Wildman–Crippen LogP) is 2.25. The quantitative estimate of drug-likeness (QED) is 0.945. The lowest BCUT2D eigenvalue weighted by Crippen LogP contribution is -2.22. The standard InChI is InChI=1S/C12H11BrFN3O/c1-17-7-8(6-16-17)5-15-12(18)9-2-3-10(13)11(14)4-9/h2-4,6-7H,5H2,1H3,(H,15,18). The van der Waals surface area contributed by atoms with Gasteiger partial charge in [0, 0.05) is 30.9 Å². The van der Waals surface area contributed by atoms with E-state index in [0.29, 0.717) is 16.6 Å². The molecule has 2 rings (SSSR count). The van der Waals surface area contributed by atoms with E-state index < -0.39 is 5.82 Å². The van der Waals surface area contributed by atoms with E-state index in [1.807, 2.05) is 6.20 Å². The SMILES string of the molecule is Cn1cc(CNC(=O)c2ccc(Br)c(F)c2)cn1. The van der Waals surface area contributed by atoms with Crippen molar-refractivity contribution in [3.63, 3.8) is 0 Å². The largest absolute Gasteiger partial charge is 0.348 e. The van der Waals surface area contributed by atoms with E-state index in [0.717, 1.165) is 5.56 Å². The molecule has 18 heavy (non-hydrogen) atoms. The van der Waals surface area contributed by atoms with Crippen molar-refractivity contribution in [3.05, 3.63) is 52.0 Å². The molecule has 1 aromatic heterocycles. The first-order chi connectivity index (χ1) is 8.56. The smallest absolute Gasteiger partial charge is 0.251 e. The van der Waals surface area contributed by atoms with Crippen molar-refractivity contribution in [2.24, 2.45) is 7.05 Å². The van der Waals surface area contributed by atoms with Crippen LogP contribution in [-0.4, -0.2) is 15.7 Å². The Morgan fingerprint density at radius 2 is 2.33 bits per heavy atom. The van der Waals surface area contributed by atoms with Crippen LogP contribution in [0.5, 0.6) is 0 Å². The number of benzene rings is 1. The molecule has 0 aliphatic carbocycles. The number of hydrogen-bond donors (Lipinski definition) is 1. The highest BCUT2D eigenvalue weighted by Gasteiger charge is 2.08. The number of halogens is 2. The predicted molar refractivity (Wildman–Crippen MR) is 68.5 cm³/mol. The Labute approximate surface area is 112 Å². The van der Waals surface area contributed by atoms with Crippen LogP contribution in [0, 0.1) is 5.82 Å². The number of carbonyl (C=O) groups is 1. The van der Waals surface area contributed by atoms with Gasteiger partial charge in [-0.15, -0.1) is 0 Å². The fourth-order valence-electron chi connectivity index (χ4n) is 1.48. The Kier molecular flexibility index (Phi) is 3.76. The normalized spacial score (nSPS) is 10.4. The molecule has 4 nitrogen and oxygen atoms in total. The number of aryl methyl sites for hydroxylation is 1. The molecule has 0 spiro atoms. The molecule has 6 heteroatoms. The minimum absolute atomic E-state index is 0.291. The molecule has 0 saturated carbocycles. The number of nitrogens with zero attached hydrogens (tertiary/aromatic N) is 2. The second-order valence-corrected chi connectivity index (χ2v) is 4.69. The highest BCUT2D eigenvalue weighted by Crippen LogP contribution is 2.16. The molecule has 0 aliphatic rings. The summed E-state index contributed by atoms with van der Waals surface area (Å²) in [6, 6.07) is 4.27. The monoisotopic (exact) mass is 311 g/mol. The number of rotatable bonds is 3. The van der Waals surface area contributed by atoms with E-state index in [9.17, 15) is 9.18 Å². The van der Waals surface area contributed by atoms with Gasteiger partial charge in [-0.2, -0.15) is 5.10 Å². The number of carbonyl (C=O) groups excluding carboxylic acids is 1. The lowest BCUT2D eigenvalue weighted by Gasteiger charge is -2.04. The molecule has 0 unspecified atom stereocenters. The molecule has 1 aromatic carbocycles. The highest BCUT2D eigenvalue weighted by molar-refractivity contribution is 9.10. The molecule has 0 atom stereocenters. The molecule has 1 amide bonds. The van der Waals surface area contributed by atoms with Crippen LogP contribution in [0.3, 0.4) is 0 Å². The summed E-state index contributed by atoms with van der Waals surface area (Å²) in [6.45, 7) is 0.365. The fourth-order valence-corrected chi connectivity index (χ4v) is 1.73. The summed E-state index contributed by atoms with van der Waals surface area (Å²) >= 11 is 3.04. The third kappa shape index (κ3) is 2.95. The van der Waals surface area contributed by atoms with Crippen LogP contribution in [0.15, 0.2) is 35.1 Å². The number of hydrogen-bond acceptors (Lipinski definition) is 2. The lowest BCUT2D eigenvalue weighted by molar-refractivity contribution is 0.0950. The maximum atomic E-state index is 13.3. The molecule has 2 aromatic rings. The van der Waals surface area contributed by atoms with Crippen molar-refractivity contribution in [2.45, 2.75) is 6.54 Å². The summed E-state index contributed by atoms with van der Waals surface area (Å²) in [7, 11) is 1.80. The first-order valence-electron chi connectivity index (χ1n) is 5.27. The Hall–Kier alpha value is -1.69. The molecule has 0 radical (unpaired) electrons. The minimum atomic E-state index is -0.455. The molecular formula is C12H11BrFN3O. The number of aromatic nitrogens is 2. The molecule has 0 saturated heterocycles. The van der Waals surface area contributed by atoms with Gasteiger partial charge in [-0.1, -0.05) is 0 Å². The molecule has 1 heterocycles. The Morgan fingerprint density at radius 1 is 1.56 bits per heavy atom. The van der Waals surface area contributed by atoms with Crippen molar-refractivity contribution in [2.75, 3.05) is 0 Å². The van der Waals surface area contributed by atoms with Gasteiger partial charge >= 0.3 is 0 Å². The van der Waals surface area contributed by atoms with Crippen molar-refractivity contribution in [1.82, 2.24) is 15.1 Å². The average molecular weight is 312 g/mol. The van der Waals surface area contributed by atoms with Gasteiger partial charge in [0.25, 0.3) is 5.91 Å². The van der Waals surface area contributed by atoms with Gasteiger partial charge in [-0.3, -0.25) is 9.48 Å². The van der Waals surface area contributed by atoms with Crippen LogP contribution in [-0.2, 0) is 13.6 Å². The molecular weight excluding hydrogens is 301 g/mol. The van der Waals surface area contributed by atoms with Crippen LogP contribution in [0.2, 0.25) is 0 Å². The second-order valence-electron chi connectivity index (χ2n) is 3.83. The van der Waals surface area contributed by atoms with E-state index in [1.165, 1.54) is 12.1 Å². The van der Waals surface area contributed by atoms with Crippen LogP contribution in [0.1, 0.15) is 15.9 Å². The summed E-state index contributed by atoms with van der Waals surface area (Å²) in [6.07, 6.45) is 3.48. The van der Waals surface area contributed by atoms with Crippen LogP contribution in [0.25, 0.3) is 0 Å². The van der Waals surface area contributed by atoms with Crippen molar-refractivity contribution in [3.8, 4) is 0 Å². The van der Waals surface area contributed by atoms with Gasteiger partial charge in [0.15, 0.2) is 0 Å². The zero-order valence-corrected chi connectivity index (χ0v) is 11.2. The van der Waals surface area contributed by atoms with Gasteiger partial charge in [-0.25, -0.2) is 4.39 Å². The Morgan fingerprint density at radius 3 is 2.94 bits per heavy atom. The van der Waals surface area contributed by atoms with Crippen molar-refractivity contribution in [1.29, 1.82) is 0 Å². The van der Waals surface area contributed by atoms with E-state index in [4.69, 9.17) is 0 Å². The van der Waals surface area contributed by atoms with Gasteiger partial charge in [-0.05, 0) is 34.1 Å². The summed E-state index contributed by atoms with van der Waals surface area (Å²) in [4.78, 5) is 11.8. The third-order valence-electron chi connectivity index (χ3n) is 2.39. The minimum Gasteiger partial charge on any atom is -0.348 e. The van der Waals surface area contributed by atoms with Crippen molar-refractivity contribution >= 4 is 21.8 Å². The Bertz CT molecular complexity index is 582. The maximum absolute atomic E-state index is 13.3. The second kappa shape index (κ2) is 5.30. The number of nitrogens with one attached hydrogen (secondary N) is 1. The molecule has 0 fully saturated rings. The van der Waals surface area contributed by atoms with Gasteiger partial charge in [0.1, 0.15) is 5.82 Å². The zero-order chi connectivity index (χ0) is 13.1. The van der Waals surface area contributed by atoms with Crippen LogP contribution >= 0.6 is 15.9 Å².